The summed E-state index contributed by atoms with van der Waals surface area (Å²) < 4.78 is 32.0. The van der Waals surface area contributed by atoms with Crippen LogP contribution in [0, 0.1) is 6.92 Å². The van der Waals surface area contributed by atoms with Gasteiger partial charge in [-0.15, -0.1) is 0 Å². The lowest BCUT2D eigenvalue weighted by Crippen LogP contribution is -2.62. The molecule has 2 fully saturated rings. The highest BCUT2D eigenvalue weighted by Crippen LogP contribution is 2.39. The maximum atomic E-state index is 12.7. The molecule has 0 aromatic heterocycles. The van der Waals surface area contributed by atoms with Gasteiger partial charge in [-0.05, 0) is 61.1 Å². The smallest absolute Gasteiger partial charge is 0.243 e. The van der Waals surface area contributed by atoms with Crippen LogP contribution in [-0.4, -0.2) is 45.0 Å². The number of hydrogen-bond donors (Lipinski definition) is 1. The fourth-order valence-electron chi connectivity index (χ4n) is 4.02. The van der Waals surface area contributed by atoms with Gasteiger partial charge >= 0.3 is 0 Å². The normalized spacial score (nSPS) is 23.5. The third kappa shape index (κ3) is 3.61. The summed E-state index contributed by atoms with van der Waals surface area (Å²) in [5, 5.41) is 3.62. The molecule has 0 atom stereocenters. The minimum absolute atomic E-state index is 0.251. The van der Waals surface area contributed by atoms with Crippen LogP contribution in [-0.2, 0) is 10.0 Å². The van der Waals surface area contributed by atoms with Gasteiger partial charge in [0, 0.05) is 25.2 Å². The zero-order valence-electron chi connectivity index (χ0n) is 15.8. The van der Waals surface area contributed by atoms with Crippen molar-refractivity contribution in [2.75, 3.05) is 20.2 Å². The van der Waals surface area contributed by atoms with Gasteiger partial charge in [0.1, 0.15) is 5.75 Å². The maximum absolute atomic E-state index is 12.7. The van der Waals surface area contributed by atoms with E-state index in [-0.39, 0.29) is 6.04 Å². The summed E-state index contributed by atoms with van der Waals surface area (Å²) in [6.07, 6.45) is 2.26. The van der Waals surface area contributed by atoms with Crippen LogP contribution >= 0.6 is 0 Å². The highest BCUT2D eigenvalue weighted by molar-refractivity contribution is 7.89. The van der Waals surface area contributed by atoms with Crippen LogP contribution in [0.1, 0.15) is 29.9 Å². The van der Waals surface area contributed by atoms with Gasteiger partial charge < -0.3 is 10.1 Å². The van der Waals surface area contributed by atoms with E-state index in [1.165, 1.54) is 11.1 Å². The SMILES string of the molecule is COc1ccc(S(=O)(=O)N2CC(NC3CC(c4ccccc4C)C3)C2)cc1. The number of sulfonamides is 1. The van der Waals surface area contributed by atoms with Crippen molar-refractivity contribution in [2.45, 2.75) is 42.7 Å². The Hall–Kier alpha value is -1.89. The minimum Gasteiger partial charge on any atom is -0.497 e. The molecule has 1 aliphatic heterocycles. The van der Waals surface area contributed by atoms with Crippen LogP contribution < -0.4 is 10.1 Å². The van der Waals surface area contributed by atoms with Gasteiger partial charge in [0.2, 0.25) is 10.0 Å². The fourth-order valence-corrected chi connectivity index (χ4v) is 5.55. The molecule has 4 rings (SSSR count). The monoisotopic (exact) mass is 386 g/mol. The van der Waals surface area contributed by atoms with Crippen molar-refractivity contribution in [2.24, 2.45) is 0 Å². The van der Waals surface area contributed by atoms with Crippen molar-refractivity contribution in [3.8, 4) is 5.75 Å². The average molecular weight is 387 g/mol. The van der Waals surface area contributed by atoms with Gasteiger partial charge in [-0.25, -0.2) is 8.42 Å². The highest BCUT2D eigenvalue weighted by atomic mass is 32.2. The maximum Gasteiger partial charge on any atom is 0.243 e. The van der Waals surface area contributed by atoms with Crippen LogP contribution in [0.15, 0.2) is 53.4 Å². The van der Waals surface area contributed by atoms with E-state index in [1.54, 1.807) is 35.7 Å². The lowest BCUT2D eigenvalue weighted by atomic mass is 9.74. The van der Waals surface area contributed by atoms with Crippen molar-refractivity contribution >= 4 is 10.0 Å². The quantitative estimate of drug-likeness (QED) is 0.829. The summed E-state index contributed by atoms with van der Waals surface area (Å²) in [5.41, 5.74) is 2.81. The van der Waals surface area contributed by atoms with E-state index in [0.29, 0.717) is 35.7 Å². The molecule has 144 valence electrons. The molecule has 0 unspecified atom stereocenters. The molecule has 1 saturated heterocycles. The van der Waals surface area contributed by atoms with E-state index in [1.807, 2.05) is 0 Å². The topological polar surface area (TPSA) is 58.6 Å². The first-order chi connectivity index (χ1) is 13.0. The first-order valence-electron chi connectivity index (χ1n) is 9.43. The molecule has 1 saturated carbocycles. The molecule has 5 nitrogen and oxygen atoms in total. The molecular formula is C21H26N2O3S. The molecule has 1 heterocycles. The summed E-state index contributed by atoms with van der Waals surface area (Å²) >= 11 is 0. The number of nitrogens with zero attached hydrogens (tertiary/aromatic N) is 1. The van der Waals surface area contributed by atoms with Gasteiger partial charge in [0.05, 0.1) is 12.0 Å². The fraction of sp³-hybridized carbons (Fsp3) is 0.429. The van der Waals surface area contributed by atoms with E-state index in [9.17, 15) is 8.42 Å². The lowest BCUT2D eigenvalue weighted by molar-refractivity contribution is 0.173. The third-order valence-electron chi connectivity index (χ3n) is 5.78. The lowest BCUT2D eigenvalue weighted by Gasteiger charge is -2.45. The molecular weight excluding hydrogens is 360 g/mol. The average Bonchev–Trinajstić information content (AvgIpc) is 2.60. The molecule has 2 aromatic carbocycles. The number of benzene rings is 2. The zero-order valence-corrected chi connectivity index (χ0v) is 16.6. The Bertz CT molecular complexity index is 899. The molecule has 0 bridgehead atoms. The summed E-state index contributed by atoms with van der Waals surface area (Å²) in [4.78, 5) is 0.324. The zero-order chi connectivity index (χ0) is 19.0. The molecule has 0 amide bonds. The van der Waals surface area contributed by atoms with E-state index in [0.717, 1.165) is 12.8 Å². The summed E-state index contributed by atoms with van der Waals surface area (Å²) in [7, 11) is -1.84. The van der Waals surface area contributed by atoms with Crippen LogP contribution in [0.4, 0.5) is 0 Å². The second-order valence-corrected chi connectivity index (χ2v) is 9.52. The molecule has 2 aromatic rings. The molecule has 6 heteroatoms. The Morgan fingerprint density at radius 2 is 1.67 bits per heavy atom. The summed E-state index contributed by atoms with van der Waals surface area (Å²) in [5.74, 6) is 1.29. The largest absolute Gasteiger partial charge is 0.497 e. The van der Waals surface area contributed by atoms with Crippen molar-refractivity contribution in [3.63, 3.8) is 0 Å². The van der Waals surface area contributed by atoms with Crippen LogP contribution in [0.2, 0.25) is 0 Å². The van der Waals surface area contributed by atoms with Gasteiger partial charge in [-0.3, -0.25) is 0 Å². The van der Waals surface area contributed by atoms with E-state index in [4.69, 9.17) is 4.74 Å². The molecule has 2 aliphatic rings. The molecule has 1 aliphatic carbocycles. The first-order valence-corrected chi connectivity index (χ1v) is 10.9. The van der Waals surface area contributed by atoms with Crippen molar-refractivity contribution in [1.29, 1.82) is 0 Å². The van der Waals surface area contributed by atoms with Gasteiger partial charge in [-0.2, -0.15) is 4.31 Å². The van der Waals surface area contributed by atoms with Gasteiger partial charge in [0.25, 0.3) is 0 Å². The van der Waals surface area contributed by atoms with Crippen LogP contribution in [0.3, 0.4) is 0 Å². The Morgan fingerprint density at radius 3 is 2.30 bits per heavy atom. The van der Waals surface area contributed by atoms with E-state index >= 15 is 0 Å². The first kappa shape index (κ1) is 18.5. The van der Waals surface area contributed by atoms with Gasteiger partial charge in [0.15, 0.2) is 0 Å². The standard InChI is InChI=1S/C21H26N2O3S/c1-15-5-3-4-6-21(15)16-11-17(12-16)22-18-13-23(14-18)27(24,25)20-9-7-19(26-2)8-10-20/h3-10,16-18,22H,11-14H2,1-2H3. The molecule has 0 spiro atoms. The number of rotatable bonds is 6. The Balaban J connectivity index is 1.27. The van der Waals surface area contributed by atoms with Crippen LogP contribution in [0.25, 0.3) is 0 Å². The number of hydrogen-bond acceptors (Lipinski definition) is 4. The predicted octanol–water partition coefficient (Wildman–Crippen LogP) is 2.91. The summed E-state index contributed by atoms with van der Waals surface area (Å²) in [6.45, 7) is 3.25. The van der Waals surface area contributed by atoms with E-state index in [2.05, 4.69) is 36.5 Å². The number of ether oxygens (including phenoxy) is 1. The van der Waals surface area contributed by atoms with Crippen LogP contribution in [0.5, 0.6) is 5.75 Å². The number of nitrogens with one attached hydrogen (secondary N) is 1. The Morgan fingerprint density at radius 1 is 1.00 bits per heavy atom. The molecule has 27 heavy (non-hydrogen) atoms. The highest BCUT2D eigenvalue weighted by Gasteiger charge is 2.40. The Labute approximate surface area is 161 Å². The second-order valence-electron chi connectivity index (χ2n) is 7.58. The van der Waals surface area contributed by atoms with Crippen molar-refractivity contribution in [3.05, 3.63) is 59.7 Å². The third-order valence-corrected chi connectivity index (χ3v) is 7.63. The summed E-state index contributed by atoms with van der Waals surface area (Å²) in [6, 6.07) is 15.9. The van der Waals surface area contributed by atoms with E-state index < -0.39 is 10.0 Å². The van der Waals surface area contributed by atoms with Gasteiger partial charge in [-0.1, -0.05) is 24.3 Å². The number of methoxy groups -OCH3 is 1. The predicted molar refractivity (Wildman–Crippen MR) is 106 cm³/mol. The van der Waals surface area contributed by atoms with Crippen molar-refractivity contribution in [1.82, 2.24) is 9.62 Å². The van der Waals surface area contributed by atoms with Crippen molar-refractivity contribution < 1.29 is 13.2 Å². The molecule has 0 radical (unpaired) electrons. The number of aryl methyl sites for hydroxylation is 1. The molecule has 1 N–H and O–H groups in total. The second kappa shape index (κ2) is 7.26. The minimum atomic E-state index is -3.41. The Kier molecular flexibility index (Phi) is 4.97.